The van der Waals surface area contributed by atoms with Crippen molar-refractivity contribution in [3.8, 4) is 0 Å². The molecular weight excluding hydrogens is 344 g/mol. The van der Waals surface area contributed by atoms with Crippen LogP contribution in [-0.2, 0) is 0 Å². The third-order valence-electron chi connectivity index (χ3n) is 4.84. The lowest BCUT2D eigenvalue weighted by atomic mass is 10.1. The molecule has 8 nitrogen and oxygen atoms in total. The monoisotopic (exact) mass is 364 g/mol. The molecule has 0 N–H and O–H groups in total. The number of anilines is 2. The minimum absolute atomic E-state index is 0.0495. The third-order valence-corrected chi connectivity index (χ3v) is 4.84. The number of non-ortho nitro benzene ring substituents is 1. The summed E-state index contributed by atoms with van der Waals surface area (Å²) in [7, 11) is 0. The molecule has 3 aromatic rings. The van der Waals surface area contributed by atoms with Gasteiger partial charge in [-0.3, -0.25) is 10.1 Å². The summed E-state index contributed by atoms with van der Waals surface area (Å²) in [4.78, 5) is 20.0. The smallest absolute Gasteiger partial charge is 0.295 e. The predicted molar refractivity (Wildman–Crippen MR) is 104 cm³/mol. The Balaban J connectivity index is 1.68. The van der Waals surface area contributed by atoms with Crippen molar-refractivity contribution in [2.75, 3.05) is 36.0 Å². The molecule has 8 heteroatoms. The van der Waals surface area contributed by atoms with Gasteiger partial charge < -0.3 is 9.80 Å². The van der Waals surface area contributed by atoms with Crippen LogP contribution in [0.5, 0.6) is 0 Å². The van der Waals surface area contributed by atoms with Crippen molar-refractivity contribution in [2.24, 2.45) is 0 Å². The van der Waals surface area contributed by atoms with E-state index in [0.29, 0.717) is 5.52 Å². The summed E-state index contributed by atoms with van der Waals surface area (Å²) in [6.07, 6.45) is 2.64. The molecule has 3 heterocycles. The van der Waals surface area contributed by atoms with E-state index in [1.54, 1.807) is 12.3 Å². The van der Waals surface area contributed by atoms with Gasteiger partial charge in [0, 0.05) is 55.2 Å². The van der Waals surface area contributed by atoms with E-state index in [-0.39, 0.29) is 10.6 Å². The predicted octanol–water partition coefficient (Wildman–Crippen LogP) is 2.96. The molecule has 1 fully saturated rings. The maximum absolute atomic E-state index is 11.4. The van der Waals surface area contributed by atoms with E-state index in [4.69, 9.17) is 0 Å². The second-order valence-corrected chi connectivity index (χ2v) is 6.62. The van der Waals surface area contributed by atoms with Crippen LogP contribution < -0.4 is 9.80 Å². The molecule has 0 bridgehead atoms. The Morgan fingerprint density at radius 1 is 1.07 bits per heavy atom. The van der Waals surface area contributed by atoms with E-state index >= 15 is 0 Å². The summed E-state index contributed by atoms with van der Waals surface area (Å²) in [5, 5.41) is 20.4. The van der Waals surface area contributed by atoms with Crippen LogP contribution in [0.25, 0.3) is 10.9 Å². The van der Waals surface area contributed by atoms with Gasteiger partial charge in [-0.25, -0.2) is 4.98 Å². The fourth-order valence-corrected chi connectivity index (χ4v) is 3.60. The topological polar surface area (TPSA) is 88.3 Å². The van der Waals surface area contributed by atoms with E-state index in [0.717, 1.165) is 55.2 Å². The molecule has 1 aliphatic heterocycles. The molecule has 0 atom stereocenters. The van der Waals surface area contributed by atoms with Crippen LogP contribution in [-0.4, -0.2) is 46.3 Å². The Morgan fingerprint density at radius 2 is 1.89 bits per heavy atom. The number of aromatic nitrogens is 3. The highest BCUT2D eigenvalue weighted by molar-refractivity contribution is 5.97. The number of para-hydroxylation sites is 1. The van der Waals surface area contributed by atoms with E-state index in [1.165, 1.54) is 6.07 Å². The zero-order chi connectivity index (χ0) is 18.8. The highest BCUT2D eigenvalue weighted by Crippen LogP contribution is 2.32. The maximum atomic E-state index is 11.4. The van der Waals surface area contributed by atoms with Crippen LogP contribution in [0.2, 0.25) is 0 Å². The van der Waals surface area contributed by atoms with Gasteiger partial charge in [0.2, 0.25) is 0 Å². The minimum atomic E-state index is -0.364. The average Bonchev–Trinajstić information content (AvgIpc) is 2.93. The number of rotatable bonds is 3. The van der Waals surface area contributed by atoms with Gasteiger partial charge in [-0.15, -0.1) is 5.10 Å². The zero-order valence-electron chi connectivity index (χ0n) is 15.1. The molecule has 1 aliphatic rings. The van der Waals surface area contributed by atoms with Crippen LogP contribution in [0, 0.1) is 17.0 Å². The molecule has 0 amide bonds. The lowest BCUT2D eigenvalue weighted by molar-refractivity contribution is -0.383. The number of benzene rings is 1. The van der Waals surface area contributed by atoms with Gasteiger partial charge in [-0.2, -0.15) is 5.10 Å². The normalized spacial score (nSPS) is 15.0. The summed E-state index contributed by atoms with van der Waals surface area (Å²) in [5.74, 6) is 0.880. The van der Waals surface area contributed by atoms with Crippen molar-refractivity contribution in [1.82, 2.24) is 15.2 Å². The number of hydrogen-bond donors (Lipinski definition) is 0. The quantitative estimate of drug-likeness (QED) is 0.521. The standard InChI is InChI=1S/C19H20N6O2/c1-14-13-17(15-5-2-6-16(25(26)27)19(15)21-14)23-9-4-10-24(12-11-23)18-7-3-8-20-22-18/h2-3,5-8,13H,4,9-12H2,1H3. The van der Waals surface area contributed by atoms with Crippen molar-refractivity contribution in [3.05, 3.63) is 58.4 Å². The summed E-state index contributed by atoms with van der Waals surface area (Å²) in [5.41, 5.74) is 2.28. The fraction of sp³-hybridized carbons (Fsp3) is 0.316. The highest BCUT2D eigenvalue weighted by Gasteiger charge is 2.21. The van der Waals surface area contributed by atoms with E-state index in [2.05, 4.69) is 25.0 Å². The Bertz CT molecular complexity index is 979. The van der Waals surface area contributed by atoms with Crippen LogP contribution in [0.3, 0.4) is 0 Å². The molecular formula is C19H20N6O2. The molecule has 0 unspecified atom stereocenters. The Morgan fingerprint density at radius 3 is 2.67 bits per heavy atom. The van der Waals surface area contributed by atoms with Crippen molar-refractivity contribution in [3.63, 3.8) is 0 Å². The number of aryl methyl sites for hydroxylation is 1. The van der Waals surface area contributed by atoms with Gasteiger partial charge in [0.05, 0.1) is 4.92 Å². The third kappa shape index (κ3) is 3.38. The minimum Gasteiger partial charge on any atom is -0.369 e. The molecule has 27 heavy (non-hydrogen) atoms. The fourth-order valence-electron chi connectivity index (χ4n) is 3.60. The van der Waals surface area contributed by atoms with Gasteiger partial charge in [-0.1, -0.05) is 12.1 Å². The summed E-state index contributed by atoms with van der Waals surface area (Å²) in [6.45, 7) is 5.27. The summed E-state index contributed by atoms with van der Waals surface area (Å²) in [6, 6.07) is 11.0. The molecule has 0 radical (unpaired) electrons. The zero-order valence-corrected chi connectivity index (χ0v) is 15.1. The second-order valence-electron chi connectivity index (χ2n) is 6.62. The first-order valence-corrected chi connectivity index (χ1v) is 8.96. The van der Waals surface area contributed by atoms with Crippen LogP contribution in [0.4, 0.5) is 17.2 Å². The van der Waals surface area contributed by atoms with Gasteiger partial charge in [0.1, 0.15) is 0 Å². The second kappa shape index (κ2) is 7.14. The van der Waals surface area contributed by atoms with Gasteiger partial charge in [-0.05, 0) is 31.5 Å². The SMILES string of the molecule is Cc1cc(N2CCCN(c3cccnn3)CC2)c2cccc([N+](=O)[O-])c2n1. The number of pyridine rings is 1. The van der Waals surface area contributed by atoms with Gasteiger partial charge >= 0.3 is 0 Å². The first-order chi connectivity index (χ1) is 13.1. The van der Waals surface area contributed by atoms with Crippen molar-refractivity contribution in [1.29, 1.82) is 0 Å². The number of fused-ring (bicyclic) bond motifs is 1. The highest BCUT2D eigenvalue weighted by atomic mass is 16.6. The molecule has 1 aromatic carbocycles. The largest absolute Gasteiger partial charge is 0.369 e. The van der Waals surface area contributed by atoms with Gasteiger partial charge in [0.25, 0.3) is 5.69 Å². The van der Waals surface area contributed by atoms with Gasteiger partial charge in [0.15, 0.2) is 11.3 Å². The number of nitro benzene ring substituents is 1. The van der Waals surface area contributed by atoms with Crippen LogP contribution in [0.1, 0.15) is 12.1 Å². The molecule has 4 rings (SSSR count). The summed E-state index contributed by atoms with van der Waals surface area (Å²) >= 11 is 0. The Labute approximate surface area is 156 Å². The first-order valence-electron chi connectivity index (χ1n) is 8.96. The van der Waals surface area contributed by atoms with Crippen molar-refractivity contribution in [2.45, 2.75) is 13.3 Å². The molecule has 138 valence electrons. The van der Waals surface area contributed by atoms with E-state index in [1.807, 2.05) is 31.2 Å². The number of nitro groups is 1. The first kappa shape index (κ1) is 17.1. The number of nitrogens with zero attached hydrogens (tertiary/aromatic N) is 6. The number of hydrogen-bond acceptors (Lipinski definition) is 7. The van der Waals surface area contributed by atoms with E-state index in [9.17, 15) is 10.1 Å². The molecule has 0 aliphatic carbocycles. The van der Waals surface area contributed by atoms with Crippen LogP contribution in [0.15, 0.2) is 42.6 Å². The average molecular weight is 364 g/mol. The lowest BCUT2D eigenvalue weighted by Gasteiger charge is -2.25. The molecule has 2 aromatic heterocycles. The lowest BCUT2D eigenvalue weighted by Crippen LogP contribution is -2.31. The molecule has 0 saturated carbocycles. The van der Waals surface area contributed by atoms with Crippen molar-refractivity contribution < 1.29 is 4.92 Å². The Hall–Kier alpha value is -3.29. The Kier molecular flexibility index (Phi) is 4.53. The molecule has 1 saturated heterocycles. The van der Waals surface area contributed by atoms with Crippen LogP contribution >= 0.6 is 0 Å². The molecule has 0 spiro atoms. The van der Waals surface area contributed by atoms with E-state index < -0.39 is 0 Å². The summed E-state index contributed by atoms with van der Waals surface area (Å²) < 4.78 is 0. The maximum Gasteiger partial charge on any atom is 0.295 e. The van der Waals surface area contributed by atoms with Crippen molar-refractivity contribution >= 4 is 28.1 Å².